The highest BCUT2D eigenvalue weighted by molar-refractivity contribution is 9.10. The second kappa shape index (κ2) is 10.4. The monoisotopic (exact) mass is 540 g/mol. The van der Waals surface area contributed by atoms with Crippen LogP contribution in [0.2, 0.25) is 0 Å². The molecule has 0 heterocycles. The van der Waals surface area contributed by atoms with Gasteiger partial charge in [0.15, 0.2) is 0 Å². The first-order valence-corrected chi connectivity index (χ1v) is 11.9. The van der Waals surface area contributed by atoms with E-state index in [0.29, 0.717) is 22.9 Å². The van der Waals surface area contributed by atoms with Gasteiger partial charge in [0.2, 0.25) is 6.10 Å². The highest BCUT2D eigenvalue weighted by Gasteiger charge is 2.47. The number of halogens is 2. The van der Waals surface area contributed by atoms with Crippen LogP contribution in [0.25, 0.3) is 0 Å². The molecule has 0 radical (unpaired) electrons. The summed E-state index contributed by atoms with van der Waals surface area (Å²) in [6, 6.07) is 18.6. The number of esters is 1. The van der Waals surface area contributed by atoms with Crippen LogP contribution in [0, 0.1) is 15.9 Å². The number of nitro groups is 1. The van der Waals surface area contributed by atoms with E-state index < -0.39 is 34.1 Å². The van der Waals surface area contributed by atoms with Gasteiger partial charge in [0.25, 0.3) is 11.6 Å². The van der Waals surface area contributed by atoms with Crippen LogP contribution in [0.3, 0.4) is 0 Å². The second-order valence-electron chi connectivity index (χ2n) is 8.38. The molecule has 1 atom stereocenters. The first-order chi connectivity index (χ1) is 16.8. The van der Waals surface area contributed by atoms with E-state index >= 15 is 0 Å². The average Bonchev–Trinajstić information content (AvgIpc) is 3.35. The lowest BCUT2D eigenvalue weighted by molar-refractivity contribution is -0.384. The van der Waals surface area contributed by atoms with Crippen LogP contribution in [0.1, 0.15) is 42.9 Å². The number of nitrogens with one attached hydrogen (secondary N) is 1. The van der Waals surface area contributed by atoms with Gasteiger partial charge in [0, 0.05) is 27.7 Å². The maximum absolute atomic E-state index is 14.7. The summed E-state index contributed by atoms with van der Waals surface area (Å²) in [6.45, 7) is 0. The number of nitro benzene ring substituents is 1. The van der Waals surface area contributed by atoms with Crippen LogP contribution in [0.5, 0.6) is 0 Å². The zero-order valence-corrected chi connectivity index (χ0v) is 20.2. The van der Waals surface area contributed by atoms with Gasteiger partial charge in [-0.25, -0.2) is 4.39 Å². The molecule has 1 fully saturated rings. The molecule has 180 valence electrons. The van der Waals surface area contributed by atoms with E-state index in [1.54, 1.807) is 48.5 Å². The van der Waals surface area contributed by atoms with Crippen LogP contribution < -0.4 is 5.32 Å². The van der Waals surface area contributed by atoms with Gasteiger partial charge < -0.3 is 10.1 Å². The third kappa shape index (κ3) is 5.09. The number of anilines is 1. The molecule has 1 N–H and O–H groups in total. The molecule has 0 spiro atoms. The number of non-ortho nitro benzene ring substituents is 1. The molecule has 0 aliphatic heterocycles. The lowest BCUT2D eigenvalue weighted by atomic mass is 9.78. The summed E-state index contributed by atoms with van der Waals surface area (Å²) in [4.78, 5) is 37.4. The highest BCUT2D eigenvalue weighted by atomic mass is 79.9. The Hall–Kier alpha value is -3.59. The van der Waals surface area contributed by atoms with Gasteiger partial charge in [-0.3, -0.25) is 19.7 Å². The van der Waals surface area contributed by atoms with Crippen molar-refractivity contribution in [2.75, 3.05) is 5.32 Å². The van der Waals surface area contributed by atoms with Crippen LogP contribution in [0.15, 0.2) is 77.3 Å². The standard InChI is InChI=1S/C26H22BrFN2O5/c27-20-16-18(30(33)34)12-13-22(20)29-24(31)23(17-8-2-1-3-9-17)35-25(32)26(14-6-7-15-26)19-10-4-5-11-21(19)28/h1-5,8-13,16,23H,6-7,14-15H2,(H,29,31). The summed E-state index contributed by atoms with van der Waals surface area (Å²) >= 11 is 3.23. The molecule has 0 aromatic heterocycles. The van der Waals surface area contributed by atoms with Crippen LogP contribution in [-0.2, 0) is 19.7 Å². The minimum absolute atomic E-state index is 0.144. The number of hydrogen-bond donors (Lipinski definition) is 1. The maximum atomic E-state index is 14.7. The fraction of sp³-hybridized carbons (Fsp3) is 0.231. The van der Waals surface area contributed by atoms with Gasteiger partial charge in [0.05, 0.1) is 16.0 Å². The predicted octanol–water partition coefficient (Wildman–Crippen LogP) is 6.23. The van der Waals surface area contributed by atoms with E-state index in [9.17, 15) is 24.1 Å². The molecular weight excluding hydrogens is 519 g/mol. The number of benzene rings is 3. The molecule has 1 aliphatic rings. The molecule has 1 saturated carbocycles. The number of carbonyl (C=O) groups is 2. The van der Waals surface area contributed by atoms with E-state index in [2.05, 4.69) is 21.2 Å². The van der Waals surface area contributed by atoms with E-state index in [-0.39, 0.29) is 16.9 Å². The van der Waals surface area contributed by atoms with Crippen molar-refractivity contribution in [1.82, 2.24) is 0 Å². The average molecular weight is 541 g/mol. The van der Waals surface area contributed by atoms with Gasteiger partial charge >= 0.3 is 5.97 Å². The predicted molar refractivity (Wildman–Crippen MR) is 131 cm³/mol. The van der Waals surface area contributed by atoms with Crippen molar-refractivity contribution in [3.63, 3.8) is 0 Å². The number of nitrogens with zero attached hydrogens (tertiary/aromatic N) is 1. The van der Waals surface area contributed by atoms with E-state index in [1.807, 2.05) is 0 Å². The minimum Gasteiger partial charge on any atom is -0.447 e. The molecule has 1 aliphatic carbocycles. The number of amides is 1. The summed E-state index contributed by atoms with van der Waals surface area (Å²) in [5.41, 5.74) is -0.325. The zero-order valence-electron chi connectivity index (χ0n) is 18.6. The Balaban J connectivity index is 1.65. The molecule has 0 bridgehead atoms. The topological polar surface area (TPSA) is 98.5 Å². The summed E-state index contributed by atoms with van der Waals surface area (Å²) in [5.74, 6) is -1.78. The Morgan fingerprint density at radius 3 is 2.31 bits per heavy atom. The zero-order chi connectivity index (χ0) is 25.0. The molecule has 7 nitrogen and oxygen atoms in total. The number of carbonyl (C=O) groups excluding carboxylic acids is 2. The molecular formula is C26H22BrFN2O5. The van der Waals surface area contributed by atoms with Crippen molar-refractivity contribution in [1.29, 1.82) is 0 Å². The van der Waals surface area contributed by atoms with Crippen molar-refractivity contribution >= 4 is 39.2 Å². The summed E-state index contributed by atoms with van der Waals surface area (Å²) in [5, 5.41) is 13.7. The molecule has 1 amide bonds. The van der Waals surface area contributed by atoms with E-state index in [0.717, 1.165) is 12.8 Å². The quantitative estimate of drug-likeness (QED) is 0.217. The van der Waals surface area contributed by atoms with Gasteiger partial charge in [-0.05, 0) is 40.9 Å². The molecule has 4 rings (SSSR count). The largest absolute Gasteiger partial charge is 0.447 e. The van der Waals surface area contributed by atoms with Gasteiger partial charge in [-0.2, -0.15) is 0 Å². The fourth-order valence-electron chi connectivity index (χ4n) is 4.45. The van der Waals surface area contributed by atoms with E-state index in [1.165, 1.54) is 24.3 Å². The van der Waals surface area contributed by atoms with Crippen molar-refractivity contribution in [2.24, 2.45) is 0 Å². The molecule has 35 heavy (non-hydrogen) atoms. The summed E-state index contributed by atoms with van der Waals surface area (Å²) in [6.07, 6.45) is 1.01. The molecule has 9 heteroatoms. The van der Waals surface area contributed by atoms with Crippen LogP contribution >= 0.6 is 15.9 Å². The SMILES string of the molecule is O=C(Nc1ccc([N+](=O)[O-])cc1Br)C(OC(=O)C1(c2ccccc2F)CCCC1)c1ccccc1. The van der Waals surface area contributed by atoms with Crippen molar-refractivity contribution in [2.45, 2.75) is 37.2 Å². The highest BCUT2D eigenvalue weighted by Crippen LogP contribution is 2.44. The fourth-order valence-corrected chi connectivity index (χ4v) is 4.91. The lowest BCUT2D eigenvalue weighted by Crippen LogP contribution is -2.38. The first kappa shape index (κ1) is 24.5. The Kier molecular flexibility index (Phi) is 7.25. The molecule has 1 unspecified atom stereocenters. The van der Waals surface area contributed by atoms with Gasteiger partial charge in [-0.15, -0.1) is 0 Å². The first-order valence-electron chi connectivity index (χ1n) is 11.1. The lowest BCUT2D eigenvalue weighted by Gasteiger charge is -2.30. The third-order valence-electron chi connectivity index (χ3n) is 6.22. The van der Waals surface area contributed by atoms with Gasteiger partial charge in [0.1, 0.15) is 5.82 Å². The molecule has 0 saturated heterocycles. The van der Waals surface area contributed by atoms with Crippen LogP contribution in [0.4, 0.5) is 15.8 Å². The van der Waals surface area contributed by atoms with E-state index in [4.69, 9.17) is 4.74 Å². The normalized spacial score (nSPS) is 15.3. The summed E-state index contributed by atoms with van der Waals surface area (Å²) < 4.78 is 20.9. The second-order valence-corrected chi connectivity index (χ2v) is 9.23. The number of rotatable bonds is 7. The van der Waals surface area contributed by atoms with Crippen molar-refractivity contribution in [3.05, 3.63) is 104 Å². The molecule has 3 aromatic carbocycles. The summed E-state index contributed by atoms with van der Waals surface area (Å²) in [7, 11) is 0. The molecule has 3 aromatic rings. The van der Waals surface area contributed by atoms with Gasteiger partial charge in [-0.1, -0.05) is 61.4 Å². The smallest absolute Gasteiger partial charge is 0.317 e. The minimum atomic E-state index is -1.31. The van der Waals surface area contributed by atoms with Crippen molar-refractivity contribution < 1.29 is 23.6 Å². The maximum Gasteiger partial charge on any atom is 0.317 e. The Labute approximate surface area is 209 Å². The third-order valence-corrected chi connectivity index (χ3v) is 6.88. The Bertz CT molecular complexity index is 1260. The van der Waals surface area contributed by atoms with Crippen LogP contribution in [-0.4, -0.2) is 16.8 Å². The number of ether oxygens (including phenoxy) is 1. The number of hydrogen-bond acceptors (Lipinski definition) is 5. The van der Waals surface area contributed by atoms with Crippen molar-refractivity contribution in [3.8, 4) is 0 Å². The Morgan fingerprint density at radius 2 is 1.69 bits per heavy atom. The Morgan fingerprint density at radius 1 is 1.03 bits per heavy atom.